The van der Waals surface area contributed by atoms with Gasteiger partial charge in [-0.2, -0.15) is 0 Å². The molecule has 11 heteroatoms. The van der Waals surface area contributed by atoms with Crippen molar-refractivity contribution in [1.82, 2.24) is 10.2 Å². The van der Waals surface area contributed by atoms with Crippen LogP contribution in [-0.2, 0) is 26.2 Å². The van der Waals surface area contributed by atoms with Gasteiger partial charge >= 0.3 is 0 Å². The Labute approximate surface area is 251 Å². The highest BCUT2D eigenvalue weighted by atomic mass is 35.5. The lowest BCUT2D eigenvalue weighted by atomic mass is 10.1. The Bertz CT molecular complexity index is 1420. The molecule has 0 aliphatic carbocycles. The van der Waals surface area contributed by atoms with Crippen molar-refractivity contribution >= 4 is 62.3 Å². The van der Waals surface area contributed by atoms with E-state index in [0.717, 1.165) is 9.87 Å². The monoisotopic (exact) mass is 623 g/mol. The average Bonchev–Trinajstić information content (AvgIpc) is 2.94. The summed E-state index contributed by atoms with van der Waals surface area (Å²) in [6, 6.07) is 18.1. The van der Waals surface area contributed by atoms with Crippen molar-refractivity contribution in [3.63, 3.8) is 0 Å². The van der Waals surface area contributed by atoms with E-state index in [1.807, 2.05) is 13.8 Å². The molecule has 40 heavy (non-hydrogen) atoms. The van der Waals surface area contributed by atoms with Gasteiger partial charge in [-0.05, 0) is 67.8 Å². The summed E-state index contributed by atoms with van der Waals surface area (Å²) in [4.78, 5) is 28.8. The van der Waals surface area contributed by atoms with Crippen LogP contribution in [-0.4, -0.2) is 43.8 Å². The van der Waals surface area contributed by atoms with E-state index in [9.17, 15) is 18.0 Å². The van der Waals surface area contributed by atoms with Gasteiger partial charge in [0, 0.05) is 22.6 Å². The summed E-state index contributed by atoms with van der Waals surface area (Å²) in [5.74, 6) is -0.908. The Balaban J connectivity index is 2.08. The molecule has 214 valence electrons. The zero-order valence-corrected chi connectivity index (χ0v) is 25.6. The number of hydrogen-bond acceptors (Lipinski definition) is 4. The minimum atomic E-state index is -4.25. The third kappa shape index (κ3) is 7.91. The second kappa shape index (κ2) is 14.2. The first-order chi connectivity index (χ1) is 19.0. The van der Waals surface area contributed by atoms with Gasteiger partial charge in [-0.25, -0.2) is 8.42 Å². The maximum Gasteiger partial charge on any atom is 0.264 e. The highest BCUT2D eigenvalue weighted by molar-refractivity contribution is 7.92. The molecule has 7 nitrogen and oxygen atoms in total. The zero-order chi connectivity index (χ0) is 29.4. The Kier molecular flexibility index (Phi) is 11.3. The van der Waals surface area contributed by atoms with Crippen LogP contribution in [0.3, 0.4) is 0 Å². The van der Waals surface area contributed by atoms with E-state index in [0.29, 0.717) is 17.9 Å². The van der Waals surface area contributed by atoms with Crippen LogP contribution in [0.4, 0.5) is 5.69 Å². The van der Waals surface area contributed by atoms with E-state index >= 15 is 0 Å². The summed E-state index contributed by atoms with van der Waals surface area (Å²) in [6.45, 7) is 5.08. The van der Waals surface area contributed by atoms with Crippen LogP contribution in [0.15, 0.2) is 77.7 Å². The van der Waals surface area contributed by atoms with Crippen LogP contribution in [0.5, 0.6) is 0 Å². The third-order valence-electron chi connectivity index (χ3n) is 6.44. The van der Waals surface area contributed by atoms with Crippen molar-refractivity contribution < 1.29 is 18.0 Å². The molecule has 2 amide bonds. The summed E-state index contributed by atoms with van der Waals surface area (Å²) < 4.78 is 28.7. The van der Waals surface area contributed by atoms with Gasteiger partial charge in [0.15, 0.2) is 0 Å². The molecule has 0 aromatic heterocycles. The van der Waals surface area contributed by atoms with E-state index in [-0.39, 0.29) is 39.1 Å². The van der Waals surface area contributed by atoms with Gasteiger partial charge in [0.2, 0.25) is 11.8 Å². The molecule has 0 aliphatic heterocycles. The van der Waals surface area contributed by atoms with Crippen molar-refractivity contribution in [2.24, 2.45) is 0 Å². The van der Waals surface area contributed by atoms with Crippen molar-refractivity contribution in [1.29, 1.82) is 0 Å². The first-order valence-electron chi connectivity index (χ1n) is 12.8. The molecule has 0 saturated heterocycles. The van der Waals surface area contributed by atoms with Crippen LogP contribution in [0.25, 0.3) is 0 Å². The molecule has 2 unspecified atom stereocenters. The molecule has 2 atom stereocenters. The van der Waals surface area contributed by atoms with Crippen molar-refractivity contribution in [3.05, 3.63) is 93.4 Å². The number of amides is 2. The number of carbonyl (C=O) groups is 2. The number of rotatable bonds is 12. The third-order valence-corrected chi connectivity index (χ3v) is 9.02. The number of benzene rings is 3. The fraction of sp³-hybridized carbons (Fsp3) is 0.310. The normalized spacial score (nSPS) is 12.8. The first-order valence-corrected chi connectivity index (χ1v) is 15.4. The van der Waals surface area contributed by atoms with E-state index in [1.54, 1.807) is 49.4 Å². The van der Waals surface area contributed by atoms with Gasteiger partial charge in [-0.3, -0.25) is 13.9 Å². The molecular weight excluding hydrogens is 593 g/mol. The quantitative estimate of drug-likeness (QED) is 0.247. The van der Waals surface area contributed by atoms with Gasteiger partial charge in [0.25, 0.3) is 10.0 Å². The van der Waals surface area contributed by atoms with E-state index in [4.69, 9.17) is 34.8 Å². The lowest BCUT2D eigenvalue weighted by Gasteiger charge is -2.34. The van der Waals surface area contributed by atoms with Crippen LogP contribution in [0, 0.1) is 0 Å². The van der Waals surface area contributed by atoms with Crippen molar-refractivity contribution in [2.45, 2.75) is 57.1 Å². The molecule has 3 aromatic carbocycles. The highest BCUT2D eigenvalue weighted by Crippen LogP contribution is 2.33. The smallest absolute Gasteiger partial charge is 0.264 e. The van der Waals surface area contributed by atoms with E-state index in [2.05, 4.69) is 5.32 Å². The largest absolute Gasteiger partial charge is 0.352 e. The van der Waals surface area contributed by atoms with Crippen molar-refractivity contribution in [3.8, 4) is 0 Å². The van der Waals surface area contributed by atoms with E-state index < -0.39 is 28.5 Å². The molecule has 0 saturated carbocycles. The number of nitrogens with zero attached hydrogens (tertiary/aromatic N) is 2. The lowest BCUT2D eigenvalue weighted by molar-refractivity contribution is -0.140. The van der Waals surface area contributed by atoms with Gasteiger partial charge in [-0.15, -0.1) is 0 Å². The fourth-order valence-corrected chi connectivity index (χ4v) is 6.07. The number of hydrogen-bond donors (Lipinski definition) is 1. The van der Waals surface area contributed by atoms with Gasteiger partial charge in [0.05, 0.1) is 15.6 Å². The second-order valence-corrected chi connectivity index (χ2v) is 12.5. The van der Waals surface area contributed by atoms with Gasteiger partial charge in [-0.1, -0.05) is 79.0 Å². The summed E-state index contributed by atoms with van der Waals surface area (Å²) in [6.07, 6.45) is 1.02. The lowest BCUT2D eigenvalue weighted by Crippen LogP contribution is -2.53. The van der Waals surface area contributed by atoms with Crippen LogP contribution in [0.1, 0.15) is 39.2 Å². The molecule has 0 spiro atoms. The van der Waals surface area contributed by atoms with Gasteiger partial charge in [0.1, 0.15) is 12.6 Å². The molecule has 3 aromatic rings. The number of anilines is 1. The van der Waals surface area contributed by atoms with Gasteiger partial charge < -0.3 is 10.2 Å². The summed E-state index contributed by atoms with van der Waals surface area (Å²) in [7, 11) is -4.25. The molecular formula is C29H32Cl3N3O4S. The Morgan fingerprint density at radius 3 is 2.10 bits per heavy atom. The molecule has 3 rings (SSSR count). The maximum absolute atomic E-state index is 14.1. The van der Waals surface area contributed by atoms with Crippen molar-refractivity contribution in [2.75, 3.05) is 10.8 Å². The topological polar surface area (TPSA) is 86.8 Å². The number of nitrogens with one attached hydrogen (secondary N) is 1. The van der Waals surface area contributed by atoms with Crippen LogP contribution < -0.4 is 9.62 Å². The SMILES string of the molecule is CCC(C)NC(=O)C(CC)N(Cc1ccc(Cl)cc1)C(=O)CN(c1cc(Cl)ccc1Cl)S(=O)(=O)c1ccccc1. The molecule has 0 radical (unpaired) electrons. The number of carbonyl (C=O) groups excluding carboxylic acids is 2. The first kappa shape index (κ1) is 31.7. The predicted octanol–water partition coefficient (Wildman–Crippen LogP) is 6.56. The molecule has 0 aliphatic rings. The fourth-order valence-electron chi connectivity index (χ4n) is 4.06. The highest BCUT2D eigenvalue weighted by Gasteiger charge is 2.34. The maximum atomic E-state index is 14.1. The van der Waals surface area contributed by atoms with E-state index in [1.165, 1.54) is 35.2 Å². The average molecular weight is 625 g/mol. The number of halogens is 3. The molecule has 0 bridgehead atoms. The van der Waals surface area contributed by atoms with Crippen LogP contribution in [0.2, 0.25) is 15.1 Å². The van der Waals surface area contributed by atoms with Crippen LogP contribution >= 0.6 is 34.8 Å². The number of sulfonamides is 1. The summed E-state index contributed by atoms with van der Waals surface area (Å²) in [5.41, 5.74) is 0.778. The Morgan fingerprint density at radius 2 is 1.50 bits per heavy atom. The summed E-state index contributed by atoms with van der Waals surface area (Å²) in [5, 5.41) is 3.82. The Hall–Kier alpha value is -2.78. The predicted molar refractivity (Wildman–Crippen MR) is 161 cm³/mol. The second-order valence-electron chi connectivity index (χ2n) is 9.31. The minimum absolute atomic E-state index is 0.0235. The standard InChI is InChI=1S/C29H32Cl3N3O4S/c1-4-20(3)33-29(37)26(5-2)34(18-21-11-13-22(30)14-12-21)28(36)19-35(27-17-23(31)15-16-25(27)32)40(38,39)24-9-7-6-8-10-24/h6-17,20,26H,4-5,18-19H2,1-3H3,(H,33,37). The molecule has 0 fully saturated rings. The summed E-state index contributed by atoms with van der Waals surface area (Å²) >= 11 is 18.7. The molecule has 1 N–H and O–H groups in total. The zero-order valence-electron chi connectivity index (χ0n) is 22.5. The Morgan fingerprint density at radius 1 is 0.875 bits per heavy atom. The molecule has 0 heterocycles. The minimum Gasteiger partial charge on any atom is -0.352 e.